The normalized spacial score (nSPS) is 32.2. The number of nitrogens with one attached hydrogen (secondary N) is 1. The van der Waals surface area contributed by atoms with E-state index in [0.717, 1.165) is 71.2 Å². The number of nitrogens with zero attached hydrogens (tertiary/aromatic N) is 3. The summed E-state index contributed by atoms with van der Waals surface area (Å²) in [5.41, 5.74) is 0.322. The smallest absolute Gasteiger partial charge is 0.251 e. The van der Waals surface area contributed by atoms with Crippen molar-refractivity contribution in [3.63, 3.8) is 0 Å². The molecule has 1 spiro atoms. The molecule has 2 saturated heterocycles. The van der Waals surface area contributed by atoms with Gasteiger partial charge in [0.2, 0.25) is 0 Å². The van der Waals surface area contributed by atoms with E-state index < -0.39 is 0 Å². The Morgan fingerprint density at radius 2 is 1.93 bits per heavy atom. The van der Waals surface area contributed by atoms with Crippen LogP contribution in [0.1, 0.15) is 52.4 Å². The second-order valence-electron chi connectivity index (χ2n) is 8.58. The molecule has 0 radical (unpaired) electrons. The molecule has 2 aliphatic heterocycles. The average molecular weight is 393 g/mol. The van der Waals surface area contributed by atoms with Crippen LogP contribution in [-0.4, -0.2) is 85.9 Å². The van der Waals surface area contributed by atoms with Crippen molar-refractivity contribution in [2.24, 2.45) is 10.4 Å². The monoisotopic (exact) mass is 392 g/mol. The molecule has 4 rings (SSSR count). The summed E-state index contributed by atoms with van der Waals surface area (Å²) in [6, 6.07) is 0.467. The van der Waals surface area contributed by atoms with Gasteiger partial charge in [0.15, 0.2) is 5.96 Å². The molecule has 4 aliphatic rings. The van der Waals surface area contributed by atoms with Gasteiger partial charge in [-0.25, -0.2) is 0 Å². The molecule has 0 aromatic carbocycles. The number of aliphatic imine (C=N–C) groups is 1. The molecule has 1 amide bonds. The van der Waals surface area contributed by atoms with E-state index in [4.69, 9.17) is 14.5 Å². The number of guanidine groups is 1. The van der Waals surface area contributed by atoms with Crippen molar-refractivity contribution in [3.05, 3.63) is 0 Å². The average Bonchev–Trinajstić information content (AvgIpc) is 3.19. The minimum atomic E-state index is -0.211. The van der Waals surface area contributed by atoms with Crippen LogP contribution in [0.15, 0.2) is 4.99 Å². The molecule has 1 N–H and O–H groups in total. The van der Waals surface area contributed by atoms with E-state index in [9.17, 15) is 4.79 Å². The molecule has 7 heteroatoms. The second-order valence-corrected chi connectivity index (χ2v) is 8.58. The zero-order valence-corrected chi connectivity index (χ0v) is 17.5. The number of carbonyl (C=O) groups excluding carboxylic acids is 1. The third kappa shape index (κ3) is 3.63. The molecule has 3 atom stereocenters. The molecule has 4 fully saturated rings. The Hall–Kier alpha value is -1.34. The molecule has 3 unspecified atom stereocenters. The maximum atomic E-state index is 12.6. The van der Waals surface area contributed by atoms with Gasteiger partial charge in [-0.15, -0.1) is 0 Å². The maximum Gasteiger partial charge on any atom is 0.251 e. The molecule has 28 heavy (non-hydrogen) atoms. The van der Waals surface area contributed by atoms with Crippen LogP contribution in [0.5, 0.6) is 0 Å². The van der Waals surface area contributed by atoms with Crippen molar-refractivity contribution in [1.29, 1.82) is 0 Å². The summed E-state index contributed by atoms with van der Waals surface area (Å²) in [6.07, 6.45) is 6.98. The van der Waals surface area contributed by atoms with Crippen LogP contribution in [0.2, 0.25) is 0 Å². The predicted molar refractivity (Wildman–Crippen MR) is 108 cm³/mol. The molecule has 2 heterocycles. The fraction of sp³-hybridized carbons (Fsp3) is 0.905. The highest BCUT2D eigenvalue weighted by molar-refractivity contribution is 5.83. The number of amides is 1. The summed E-state index contributed by atoms with van der Waals surface area (Å²) in [5.74, 6) is 1.18. The zero-order valence-electron chi connectivity index (χ0n) is 17.5. The molecular weight excluding hydrogens is 356 g/mol. The second kappa shape index (κ2) is 8.57. The van der Waals surface area contributed by atoms with E-state index in [1.165, 1.54) is 19.3 Å². The van der Waals surface area contributed by atoms with Crippen molar-refractivity contribution in [3.8, 4) is 0 Å². The van der Waals surface area contributed by atoms with Crippen LogP contribution in [0.4, 0.5) is 0 Å². The van der Waals surface area contributed by atoms with Gasteiger partial charge in [0.25, 0.3) is 5.91 Å². The molecule has 0 bridgehead atoms. The summed E-state index contributed by atoms with van der Waals surface area (Å²) >= 11 is 0. The Labute approximate surface area is 168 Å². The first-order valence-electron chi connectivity index (χ1n) is 11.3. The van der Waals surface area contributed by atoms with Crippen LogP contribution >= 0.6 is 0 Å². The molecule has 2 aliphatic carbocycles. The Morgan fingerprint density at radius 3 is 2.50 bits per heavy atom. The van der Waals surface area contributed by atoms with Crippen molar-refractivity contribution >= 4 is 11.9 Å². The summed E-state index contributed by atoms with van der Waals surface area (Å²) in [7, 11) is 0. The molecular formula is C21H36N4O3. The van der Waals surface area contributed by atoms with E-state index in [1.807, 2.05) is 4.90 Å². The van der Waals surface area contributed by atoms with Crippen molar-refractivity contribution in [1.82, 2.24) is 15.1 Å². The number of ether oxygens (including phenoxy) is 2. The van der Waals surface area contributed by atoms with Gasteiger partial charge >= 0.3 is 0 Å². The minimum absolute atomic E-state index is 0.172. The Bertz CT molecular complexity index is 578. The third-order valence-electron chi connectivity index (χ3n) is 7.14. The number of rotatable bonds is 5. The lowest BCUT2D eigenvalue weighted by Crippen LogP contribution is -2.69. The predicted octanol–water partition coefficient (Wildman–Crippen LogP) is 1.62. The van der Waals surface area contributed by atoms with Crippen molar-refractivity contribution in [2.75, 3.05) is 45.9 Å². The zero-order chi connectivity index (χ0) is 19.6. The van der Waals surface area contributed by atoms with Gasteiger partial charge in [-0.2, -0.15) is 0 Å². The summed E-state index contributed by atoms with van der Waals surface area (Å²) in [6.45, 7) is 9.64. The first-order valence-corrected chi connectivity index (χ1v) is 11.3. The molecule has 0 aromatic heterocycles. The minimum Gasteiger partial charge on any atom is -0.378 e. The highest BCUT2D eigenvalue weighted by Gasteiger charge is 2.59. The fourth-order valence-corrected chi connectivity index (χ4v) is 5.30. The first-order chi connectivity index (χ1) is 13.7. The number of hydrogen-bond donors (Lipinski definition) is 1. The highest BCUT2D eigenvalue weighted by Crippen LogP contribution is 2.57. The largest absolute Gasteiger partial charge is 0.378 e. The molecule has 0 aromatic rings. The fourth-order valence-electron chi connectivity index (χ4n) is 5.30. The van der Waals surface area contributed by atoms with Crippen LogP contribution in [-0.2, 0) is 14.3 Å². The summed E-state index contributed by atoms with van der Waals surface area (Å²) < 4.78 is 11.6. The lowest BCUT2D eigenvalue weighted by atomic mass is 9.51. The SMILES string of the molecule is CCN=C(NC1CC(OCC)C12CCC2)N1CCN(C(=O)C2CCCO2)CC1. The van der Waals surface area contributed by atoms with Gasteiger partial charge in [-0.3, -0.25) is 9.79 Å². The number of carbonyl (C=O) groups is 1. The van der Waals surface area contributed by atoms with Gasteiger partial charge in [0.1, 0.15) is 6.10 Å². The molecule has 2 saturated carbocycles. The molecule has 7 nitrogen and oxygen atoms in total. The van der Waals surface area contributed by atoms with Gasteiger partial charge < -0.3 is 24.6 Å². The Morgan fingerprint density at radius 1 is 1.18 bits per heavy atom. The quantitative estimate of drug-likeness (QED) is 0.569. The van der Waals surface area contributed by atoms with Gasteiger partial charge in [-0.05, 0) is 46.0 Å². The van der Waals surface area contributed by atoms with E-state index >= 15 is 0 Å². The lowest BCUT2D eigenvalue weighted by molar-refractivity contribution is -0.169. The Kier molecular flexibility index (Phi) is 6.11. The molecule has 158 valence electrons. The number of hydrogen-bond acceptors (Lipinski definition) is 4. The maximum absolute atomic E-state index is 12.6. The van der Waals surface area contributed by atoms with Gasteiger partial charge in [0.05, 0.1) is 6.10 Å². The van der Waals surface area contributed by atoms with Crippen LogP contribution in [0, 0.1) is 5.41 Å². The number of piperazine rings is 1. The van der Waals surface area contributed by atoms with Crippen molar-refractivity contribution < 1.29 is 14.3 Å². The first kappa shape index (κ1) is 20.0. The summed E-state index contributed by atoms with van der Waals surface area (Å²) in [5, 5.41) is 3.77. The van der Waals surface area contributed by atoms with Gasteiger partial charge in [-0.1, -0.05) is 6.42 Å². The van der Waals surface area contributed by atoms with E-state index in [-0.39, 0.29) is 12.0 Å². The highest BCUT2D eigenvalue weighted by atomic mass is 16.5. The van der Waals surface area contributed by atoms with Crippen LogP contribution in [0.25, 0.3) is 0 Å². The van der Waals surface area contributed by atoms with Crippen molar-refractivity contribution in [2.45, 2.75) is 70.6 Å². The summed E-state index contributed by atoms with van der Waals surface area (Å²) in [4.78, 5) is 21.7. The standard InChI is InChI=1S/C21H36N4O3/c1-3-22-20(23-17-15-18(27-4-2)21(17)8-6-9-21)25-12-10-24(11-13-25)19(26)16-7-5-14-28-16/h16-18H,3-15H2,1-2H3,(H,22,23). The van der Waals surface area contributed by atoms with Crippen LogP contribution < -0.4 is 5.32 Å². The topological polar surface area (TPSA) is 66.4 Å². The van der Waals surface area contributed by atoms with Gasteiger partial charge in [0, 0.05) is 57.4 Å². The third-order valence-corrected chi connectivity index (χ3v) is 7.14. The lowest BCUT2D eigenvalue weighted by Gasteiger charge is -2.61. The van der Waals surface area contributed by atoms with Crippen LogP contribution in [0.3, 0.4) is 0 Å². The van der Waals surface area contributed by atoms with E-state index in [1.54, 1.807) is 0 Å². The Balaban J connectivity index is 1.32. The van der Waals surface area contributed by atoms with E-state index in [0.29, 0.717) is 17.6 Å². The van der Waals surface area contributed by atoms with E-state index in [2.05, 4.69) is 24.1 Å².